The van der Waals surface area contributed by atoms with Crippen molar-refractivity contribution in [2.24, 2.45) is 0 Å². The fourth-order valence-corrected chi connectivity index (χ4v) is 3.84. The molecule has 2 nitrogen and oxygen atoms in total. The van der Waals surface area contributed by atoms with Crippen molar-refractivity contribution >= 4 is 54.8 Å². The molecule has 0 saturated carbocycles. The van der Waals surface area contributed by atoms with Gasteiger partial charge in [0.1, 0.15) is 11.9 Å². The van der Waals surface area contributed by atoms with Crippen LogP contribution >= 0.6 is 54.8 Å². The summed E-state index contributed by atoms with van der Waals surface area (Å²) < 4.78 is 7.00. The van der Waals surface area contributed by atoms with Gasteiger partial charge in [-0.25, -0.2) is 0 Å². The van der Waals surface area contributed by atoms with Crippen LogP contribution in [0.15, 0.2) is 31.8 Å². The standard InChI is InChI=1S/C12H9Br2ClO2S/c1-17-12-8(3-7(15)4-9(12)13)11(16)6-2-10(14)18-5-6/h2-5,11,16H,1H3. The zero-order valence-corrected chi connectivity index (χ0v) is 14.0. The van der Waals surface area contributed by atoms with Crippen molar-refractivity contribution in [2.45, 2.75) is 6.10 Å². The summed E-state index contributed by atoms with van der Waals surface area (Å²) in [4.78, 5) is 0. The molecule has 1 heterocycles. The number of thiophene rings is 1. The molecule has 6 heteroatoms. The third-order valence-electron chi connectivity index (χ3n) is 2.44. The molecule has 2 rings (SSSR count). The summed E-state index contributed by atoms with van der Waals surface area (Å²) in [5, 5.41) is 12.8. The molecule has 0 radical (unpaired) electrons. The van der Waals surface area contributed by atoms with E-state index in [9.17, 15) is 5.11 Å². The number of ether oxygens (including phenoxy) is 1. The average Bonchev–Trinajstić information content (AvgIpc) is 2.74. The predicted molar refractivity (Wildman–Crippen MR) is 81.8 cm³/mol. The quantitative estimate of drug-likeness (QED) is 0.767. The van der Waals surface area contributed by atoms with Gasteiger partial charge in [-0.1, -0.05) is 11.6 Å². The molecule has 0 fully saturated rings. The molecule has 18 heavy (non-hydrogen) atoms. The third kappa shape index (κ3) is 2.91. The third-order valence-corrected chi connectivity index (χ3v) is 4.77. The highest BCUT2D eigenvalue weighted by Crippen LogP contribution is 2.39. The van der Waals surface area contributed by atoms with Crippen molar-refractivity contribution in [3.8, 4) is 5.75 Å². The number of benzene rings is 1. The van der Waals surface area contributed by atoms with Gasteiger partial charge in [-0.15, -0.1) is 11.3 Å². The van der Waals surface area contributed by atoms with Gasteiger partial charge in [-0.05, 0) is 61.0 Å². The van der Waals surface area contributed by atoms with Crippen LogP contribution in [0.2, 0.25) is 5.02 Å². The minimum absolute atomic E-state index is 0.547. The van der Waals surface area contributed by atoms with Crippen molar-refractivity contribution in [2.75, 3.05) is 7.11 Å². The number of aliphatic hydroxyl groups excluding tert-OH is 1. The van der Waals surface area contributed by atoms with E-state index in [4.69, 9.17) is 16.3 Å². The maximum atomic E-state index is 10.4. The summed E-state index contributed by atoms with van der Waals surface area (Å²) in [7, 11) is 1.56. The molecule has 1 atom stereocenters. The first-order valence-corrected chi connectivity index (χ1v) is 7.82. The molecule has 0 aliphatic rings. The number of hydrogen-bond donors (Lipinski definition) is 1. The van der Waals surface area contributed by atoms with E-state index >= 15 is 0 Å². The molecular weight excluding hydrogens is 403 g/mol. The lowest BCUT2D eigenvalue weighted by Crippen LogP contribution is -2.02. The van der Waals surface area contributed by atoms with E-state index < -0.39 is 6.10 Å². The molecule has 2 aromatic rings. The Morgan fingerprint density at radius 2 is 2.06 bits per heavy atom. The average molecular weight is 413 g/mol. The lowest BCUT2D eigenvalue weighted by molar-refractivity contribution is 0.215. The van der Waals surface area contributed by atoms with Gasteiger partial charge in [0, 0.05) is 10.6 Å². The number of hydrogen-bond acceptors (Lipinski definition) is 3. The molecule has 0 aliphatic heterocycles. The van der Waals surface area contributed by atoms with Crippen LogP contribution in [-0.4, -0.2) is 12.2 Å². The van der Waals surface area contributed by atoms with E-state index in [-0.39, 0.29) is 0 Å². The molecule has 0 aliphatic carbocycles. The zero-order valence-electron chi connectivity index (χ0n) is 9.28. The molecule has 1 N–H and O–H groups in total. The van der Waals surface area contributed by atoms with Crippen molar-refractivity contribution in [3.05, 3.63) is 48.0 Å². The van der Waals surface area contributed by atoms with Gasteiger partial charge in [-0.2, -0.15) is 0 Å². The van der Waals surface area contributed by atoms with Gasteiger partial charge >= 0.3 is 0 Å². The van der Waals surface area contributed by atoms with Crippen LogP contribution in [0.1, 0.15) is 17.2 Å². The highest BCUT2D eigenvalue weighted by atomic mass is 79.9. The van der Waals surface area contributed by atoms with E-state index in [2.05, 4.69) is 31.9 Å². The first-order chi connectivity index (χ1) is 8.52. The molecular formula is C12H9Br2ClO2S. The van der Waals surface area contributed by atoms with Crippen LogP contribution in [0.25, 0.3) is 0 Å². The van der Waals surface area contributed by atoms with Gasteiger partial charge in [-0.3, -0.25) is 0 Å². The van der Waals surface area contributed by atoms with Crippen LogP contribution in [0.3, 0.4) is 0 Å². The van der Waals surface area contributed by atoms with E-state index in [1.807, 2.05) is 11.4 Å². The van der Waals surface area contributed by atoms with E-state index in [0.717, 1.165) is 13.8 Å². The first-order valence-electron chi connectivity index (χ1n) is 4.98. The van der Waals surface area contributed by atoms with Crippen LogP contribution in [0.4, 0.5) is 0 Å². The number of methoxy groups -OCH3 is 1. The summed E-state index contributed by atoms with van der Waals surface area (Å²) in [5.41, 5.74) is 1.45. The van der Waals surface area contributed by atoms with Crippen molar-refractivity contribution < 1.29 is 9.84 Å². The van der Waals surface area contributed by atoms with Crippen LogP contribution in [0.5, 0.6) is 5.75 Å². The molecule has 0 amide bonds. The zero-order chi connectivity index (χ0) is 13.3. The highest BCUT2D eigenvalue weighted by molar-refractivity contribution is 9.11. The largest absolute Gasteiger partial charge is 0.495 e. The SMILES string of the molecule is COc1c(Br)cc(Cl)cc1C(O)c1csc(Br)c1. The van der Waals surface area contributed by atoms with Crippen LogP contribution in [-0.2, 0) is 0 Å². The monoisotopic (exact) mass is 410 g/mol. The molecule has 1 unspecified atom stereocenters. The van der Waals surface area contributed by atoms with Gasteiger partial charge in [0.05, 0.1) is 15.4 Å². The Balaban J connectivity index is 2.49. The highest BCUT2D eigenvalue weighted by Gasteiger charge is 2.19. The lowest BCUT2D eigenvalue weighted by atomic mass is 10.0. The second-order valence-electron chi connectivity index (χ2n) is 3.60. The smallest absolute Gasteiger partial charge is 0.139 e. The van der Waals surface area contributed by atoms with E-state index in [1.165, 1.54) is 11.3 Å². The summed E-state index contributed by atoms with van der Waals surface area (Å²) in [6.07, 6.45) is -0.766. The molecule has 0 spiro atoms. The Bertz CT molecular complexity index is 571. The normalized spacial score (nSPS) is 12.5. The minimum atomic E-state index is -0.766. The molecule has 1 aromatic carbocycles. The molecule has 1 aromatic heterocycles. The molecule has 0 saturated heterocycles. The van der Waals surface area contributed by atoms with E-state index in [0.29, 0.717) is 16.3 Å². The topological polar surface area (TPSA) is 29.5 Å². The van der Waals surface area contributed by atoms with E-state index in [1.54, 1.807) is 19.2 Å². The number of aliphatic hydroxyl groups is 1. The van der Waals surface area contributed by atoms with Gasteiger partial charge in [0.15, 0.2) is 0 Å². The maximum absolute atomic E-state index is 10.4. The van der Waals surface area contributed by atoms with Crippen molar-refractivity contribution in [1.29, 1.82) is 0 Å². The first kappa shape index (κ1) is 14.3. The van der Waals surface area contributed by atoms with Crippen molar-refractivity contribution in [1.82, 2.24) is 0 Å². The predicted octanol–water partition coefficient (Wildman–Crippen LogP) is 5.02. The molecule has 96 valence electrons. The summed E-state index contributed by atoms with van der Waals surface area (Å²) in [6.45, 7) is 0. The van der Waals surface area contributed by atoms with Gasteiger partial charge in [0.2, 0.25) is 0 Å². The number of rotatable bonds is 3. The summed E-state index contributed by atoms with van der Waals surface area (Å²) in [5.74, 6) is 0.592. The summed E-state index contributed by atoms with van der Waals surface area (Å²) in [6, 6.07) is 5.32. The summed E-state index contributed by atoms with van der Waals surface area (Å²) >= 11 is 14.3. The fraction of sp³-hybridized carbons (Fsp3) is 0.167. The maximum Gasteiger partial charge on any atom is 0.139 e. The Hall–Kier alpha value is -0.0700. The number of halogens is 3. The second-order valence-corrected chi connectivity index (χ2v) is 7.18. The Morgan fingerprint density at radius 3 is 2.61 bits per heavy atom. The van der Waals surface area contributed by atoms with Crippen LogP contribution in [0, 0.1) is 0 Å². The Labute approximate surface area is 131 Å². The van der Waals surface area contributed by atoms with Gasteiger partial charge < -0.3 is 9.84 Å². The Kier molecular flexibility index (Phi) is 4.72. The Morgan fingerprint density at radius 1 is 1.33 bits per heavy atom. The van der Waals surface area contributed by atoms with Gasteiger partial charge in [0.25, 0.3) is 0 Å². The fourth-order valence-electron chi connectivity index (χ4n) is 1.65. The second kappa shape index (κ2) is 5.92. The lowest BCUT2D eigenvalue weighted by Gasteiger charge is -2.15. The van der Waals surface area contributed by atoms with Crippen molar-refractivity contribution in [3.63, 3.8) is 0 Å². The molecule has 0 bridgehead atoms. The minimum Gasteiger partial charge on any atom is -0.495 e. The van der Waals surface area contributed by atoms with Crippen LogP contribution < -0.4 is 4.74 Å².